The van der Waals surface area contributed by atoms with E-state index in [0.717, 1.165) is 72.6 Å². The molecule has 0 unspecified atom stereocenters. The predicted molar refractivity (Wildman–Crippen MR) is 187 cm³/mol. The molecule has 0 saturated heterocycles. The van der Waals surface area contributed by atoms with Crippen LogP contribution in [0.4, 0.5) is 5.69 Å². The molecule has 3 aromatic carbocycles. The number of hydrogen-bond acceptors (Lipinski definition) is 5. The minimum Gasteiger partial charge on any atom is -0.477 e. The molecule has 1 atom stereocenters. The molecule has 0 spiro atoms. The molecule has 2 aliphatic carbocycles. The Morgan fingerprint density at radius 3 is 2.31 bits per heavy atom. The number of H-pyrrole nitrogens is 1. The zero-order valence-electron chi connectivity index (χ0n) is 27.4. The third-order valence-corrected chi connectivity index (χ3v) is 10.3. The Morgan fingerprint density at radius 2 is 1.67 bits per heavy atom. The van der Waals surface area contributed by atoms with E-state index in [1.54, 1.807) is 24.3 Å². The highest BCUT2D eigenvalue weighted by Crippen LogP contribution is 2.32. The van der Waals surface area contributed by atoms with Crippen LogP contribution < -0.4 is 16.4 Å². The number of carboxylic acid groups (broad SMARTS) is 1. The fourth-order valence-electron chi connectivity index (χ4n) is 7.01. The van der Waals surface area contributed by atoms with Crippen LogP contribution in [0.25, 0.3) is 22.0 Å². The topological polar surface area (TPSA) is 154 Å². The molecule has 2 saturated carbocycles. The van der Waals surface area contributed by atoms with Crippen molar-refractivity contribution in [2.75, 3.05) is 11.9 Å². The van der Waals surface area contributed by atoms with Gasteiger partial charge in [-0.05, 0) is 123 Å². The summed E-state index contributed by atoms with van der Waals surface area (Å²) in [5.41, 5.74) is 11.7. The normalized spacial score (nSPS) is 18.5. The molecule has 0 bridgehead atoms. The van der Waals surface area contributed by atoms with E-state index in [1.165, 1.54) is 0 Å². The summed E-state index contributed by atoms with van der Waals surface area (Å²) in [4.78, 5) is 54.2. The third-order valence-electron chi connectivity index (χ3n) is 10.3. The third kappa shape index (κ3) is 7.68. The number of aromatic nitrogens is 1. The number of amides is 2. The molecule has 6 N–H and O–H groups in total. The van der Waals surface area contributed by atoms with Crippen molar-refractivity contribution in [2.24, 2.45) is 23.5 Å². The van der Waals surface area contributed by atoms with Gasteiger partial charge in [-0.3, -0.25) is 14.4 Å². The van der Waals surface area contributed by atoms with E-state index in [4.69, 9.17) is 5.73 Å². The number of aryl methyl sites for hydroxylation is 1. The van der Waals surface area contributed by atoms with E-state index in [9.17, 15) is 24.3 Å². The Labute approximate surface area is 280 Å². The Hall–Kier alpha value is -4.76. The number of carbonyl (C=O) groups is 4. The van der Waals surface area contributed by atoms with Gasteiger partial charge >= 0.3 is 5.97 Å². The first kappa shape index (κ1) is 33.2. The summed E-state index contributed by atoms with van der Waals surface area (Å²) >= 11 is 0. The smallest absolute Gasteiger partial charge is 0.352 e. The van der Waals surface area contributed by atoms with Crippen molar-refractivity contribution in [1.29, 1.82) is 0 Å². The SMILES string of the molecule is Cc1cc(C(=O)NC2CCC2)ccc1-c1ccc(C[C@H](CC(=O)C2CCC(CN)CC2)C(=O)Nc2ccc3cc(C(=O)O)[nH]c3c2)cc1. The number of aromatic carboxylic acids is 1. The van der Waals surface area contributed by atoms with Gasteiger partial charge < -0.3 is 26.5 Å². The van der Waals surface area contributed by atoms with E-state index in [0.29, 0.717) is 35.7 Å². The fourth-order valence-corrected chi connectivity index (χ4v) is 7.01. The molecule has 0 aliphatic heterocycles. The number of rotatable bonds is 12. The second kappa shape index (κ2) is 14.6. The van der Waals surface area contributed by atoms with Gasteiger partial charge in [0, 0.05) is 46.5 Å². The number of carboxylic acids is 1. The zero-order valence-corrected chi connectivity index (χ0v) is 27.4. The van der Waals surface area contributed by atoms with Crippen molar-refractivity contribution in [3.63, 3.8) is 0 Å². The lowest BCUT2D eigenvalue weighted by Crippen LogP contribution is -2.39. The molecular formula is C39H44N4O5. The molecule has 48 heavy (non-hydrogen) atoms. The summed E-state index contributed by atoms with van der Waals surface area (Å²) in [5.74, 6) is -1.41. The van der Waals surface area contributed by atoms with Crippen LogP contribution in [0, 0.1) is 24.7 Å². The summed E-state index contributed by atoms with van der Waals surface area (Å²) in [6.07, 6.45) is 7.26. The average Bonchev–Trinajstić information content (AvgIpc) is 3.50. The number of nitrogens with two attached hydrogens (primary N) is 1. The van der Waals surface area contributed by atoms with Crippen molar-refractivity contribution in [3.8, 4) is 11.1 Å². The quantitative estimate of drug-likeness (QED) is 0.116. The molecule has 9 nitrogen and oxygen atoms in total. The first-order chi connectivity index (χ1) is 23.2. The fraction of sp³-hybridized carbons (Fsp3) is 0.385. The molecular weight excluding hydrogens is 604 g/mol. The summed E-state index contributed by atoms with van der Waals surface area (Å²) in [6.45, 7) is 2.64. The second-order valence-electron chi connectivity index (χ2n) is 13.6. The number of aromatic amines is 1. The van der Waals surface area contributed by atoms with Crippen LogP contribution in [-0.4, -0.2) is 46.2 Å². The number of ketones is 1. The lowest BCUT2D eigenvalue weighted by Gasteiger charge is -2.27. The van der Waals surface area contributed by atoms with Gasteiger partial charge in [0.15, 0.2) is 0 Å². The average molecular weight is 649 g/mol. The van der Waals surface area contributed by atoms with Gasteiger partial charge in [-0.15, -0.1) is 0 Å². The van der Waals surface area contributed by atoms with Crippen LogP contribution in [0.5, 0.6) is 0 Å². The molecule has 1 heterocycles. The van der Waals surface area contributed by atoms with E-state index in [-0.39, 0.29) is 41.7 Å². The molecule has 9 heteroatoms. The maximum Gasteiger partial charge on any atom is 0.352 e. The van der Waals surface area contributed by atoms with Crippen LogP contribution in [0.2, 0.25) is 0 Å². The molecule has 0 radical (unpaired) electrons. The minimum atomic E-state index is -1.05. The second-order valence-corrected chi connectivity index (χ2v) is 13.6. The highest BCUT2D eigenvalue weighted by Gasteiger charge is 2.30. The first-order valence-electron chi connectivity index (χ1n) is 17.1. The summed E-state index contributed by atoms with van der Waals surface area (Å²) in [6, 6.07) is 20.9. The van der Waals surface area contributed by atoms with Gasteiger partial charge in [-0.25, -0.2) is 4.79 Å². The van der Waals surface area contributed by atoms with Crippen LogP contribution in [0.3, 0.4) is 0 Å². The highest BCUT2D eigenvalue weighted by atomic mass is 16.4. The molecule has 4 aromatic rings. The van der Waals surface area contributed by atoms with Crippen molar-refractivity contribution in [2.45, 2.75) is 70.8 Å². The maximum absolute atomic E-state index is 13.8. The van der Waals surface area contributed by atoms with Crippen LogP contribution >= 0.6 is 0 Å². The number of hydrogen-bond donors (Lipinski definition) is 5. The number of anilines is 1. The maximum atomic E-state index is 13.8. The Balaban J connectivity index is 1.17. The lowest BCUT2D eigenvalue weighted by molar-refractivity contribution is -0.129. The van der Waals surface area contributed by atoms with Crippen LogP contribution in [0.15, 0.2) is 66.7 Å². The van der Waals surface area contributed by atoms with Crippen molar-refractivity contribution >= 4 is 40.2 Å². The van der Waals surface area contributed by atoms with Gasteiger partial charge in [0.2, 0.25) is 5.91 Å². The summed E-state index contributed by atoms with van der Waals surface area (Å²) in [7, 11) is 0. The minimum absolute atomic E-state index is 0.0335. The monoisotopic (exact) mass is 648 g/mol. The lowest BCUT2D eigenvalue weighted by atomic mass is 9.77. The van der Waals surface area contributed by atoms with E-state index in [2.05, 4.69) is 15.6 Å². The molecule has 1 aromatic heterocycles. The largest absolute Gasteiger partial charge is 0.477 e. The molecule has 2 amide bonds. The summed E-state index contributed by atoms with van der Waals surface area (Å²) in [5, 5.41) is 16.2. The molecule has 2 fully saturated rings. The predicted octanol–water partition coefficient (Wildman–Crippen LogP) is 6.65. The number of fused-ring (bicyclic) bond motifs is 1. The van der Waals surface area contributed by atoms with E-state index >= 15 is 0 Å². The highest BCUT2D eigenvalue weighted by molar-refractivity contribution is 5.99. The van der Waals surface area contributed by atoms with Crippen LogP contribution in [0.1, 0.15) is 83.3 Å². The Morgan fingerprint density at radius 1 is 0.917 bits per heavy atom. The van der Waals surface area contributed by atoms with Gasteiger partial charge in [-0.2, -0.15) is 0 Å². The van der Waals surface area contributed by atoms with Gasteiger partial charge in [0.05, 0.1) is 0 Å². The van der Waals surface area contributed by atoms with Crippen molar-refractivity contribution in [1.82, 2.24) is 10.3 Å². The number of carbonyl (C=O) groups excluding carboxylic acids is 3. The van der Waals surface area contributed by atoms with E-state index < -0.39 is 11.9 Å². The van der Waals surface area contributed by atoms with Crippen LogP contribution in [-0.2, 0) is 16.0 Å². The molecule has 250 valence electrons. The molecule has 6 rings (SSSR count). The standard InChI is InChI=1S/C39H44N4O5/c1-23-17-29(37(45)41-31-3-2-4-31)14-16-33(23)26-9-5-24(6-10-26)18-30(20-36(44)27-11-7-25(22-40)8-12-27)38(46)42-32-15-13-28-19-35(39(47)48)43-34(28)21-32/h5-6,9-10,13-17,19,21,25,27,30-31,43H,2-4,7-8,11-12,18,20,22,40H2,1H3,(H,41,45)(H,42,46)(H,47,48)/t25?,27?,30-/m1/s1. The van der Waals surface area contributed by atoms with Gasteiger partial charge in [-0.1, -0.05) is 36.4 Å². The van der Waals surface area contributed by atoms with Gasteiger partial charge in [0.1, 0.15) is 11.5 Å². The van der Waals surface area contributed by atoms with Crippen molar-refractivity contribution in [3.05, 3.63) is 89.1 Å². The first-order valence-corrected chi connectivity index (χ1v) is 17.1. The zero-order chi connectivity index (χ0) is 33.8. The Bertz CT molecular complexity index is 1820. The number of nitrogens with one attached hydrogen (secondary N) is 3. The number of benzene rings is 3. The van der Waals surface area contributed by atoms with Gasteiger partial charge in [0.25, 0.3) is 5.91 Å². The van der Waals surface area contributed by atoms with Crippen molar-refractivity contribution < 1.29 is 24.3 Å². The summed E-state index contributed by atoms with van der Waals surface area (Å²) < 4.78 is 0. The van der Waals surface area contributed by atoms with E-state index in [1.807, 2.05) is 49.4 Å². The number of Topliss-reactive ketones (excluding diaryl/α,β-unsaturated/α-hetero) is 1. The Kier molecular flexibility index (Phi) is 10.1. The molecule has 2 aliphatic rings.